The van der Waals surface area contributed by atoms with Gasteiger partial charge in [0.1, 0.15) is 38.5 Å². The average Bonchev–Trinajstić information content (AvgIpc) is 2.80. The summed E-state index contributed by atoms with van der Waals surface area (Å²) in [5.74, 6) is 0.762. The second kappa shape index (κ2) is 10.3. The Kier molecular flexibility index (Phi) is 7.26. The first-order chi connectivity index (χ1) is 14.7. The Labute approximate surface area is 184 Å². The summed E-state index contributed by atoms with van der Waals surface area (Å²) < 4.78 is 5.62. The van der Waals surface area contributed by atoms with Gasteiger partial charge in [0, 0.05) is 36.5 Å². The maximum atomic E-state index is 12.5. The Morgan fingerprint density at radius 2 is 1.63 bits per heavy atom. The van der Waals surface area contributed by atoms with E-state index in [4.69, 9.17) is 16.3 Å². The number of rotatable bonds is 6. The van der Waals surface area contributed by atoms with Gasteiger partial charge in [0.2, 0.25) is 0 Å². The molecule has 2 aromatic rings. The van der Waals surface area contributed by atoms with Crippen LogP contribution in [0.2, 0.25) is 5.02 Å². The molecule has 5 nitrogen and oxygen atoms in total. The number of quaternary nitrogens is 2. The lowest BCUT2D eigenvalue weighted by Crippen LogP contribution is -3.29. The third-order valence-electron chi connectivity index (χ3n) is 6.50. The average molecular weight is 430 g/mol. The molecule has 1 amide bonds. The van der Waals surface area contributed by atoms with Crippen LogP contribution in [0.3, 0.4) is 0 Å². The van der Waals surface area contributed by atoms with Gasteiger partial charge in [-0.25, -0.2) is 0 Å². The summed E-state index contributed by atoms with van der Waals surface area (Å²) in [7, 11) is 0. The highest BCUT2D eigenvalue weighted by molar-refractivity contribution is 6.30. The number of nitrogens with one attached hydrogen (secondary N) is 2. The van der Waals surface area contributed by atoms with Gasteiger partial charge in [-0.05, 0) is 24.3 Å². The van der Waals surface area contributed by atoms with Gasteiger partial charge in [-0.3, -0.25) is 4.79 Å². The van der Waals surface area contributed by atoms with Gasteiger partial charge < -0.3 is 19.4 Å². The molecule has 30 heavy (non-hydrogen) atoms. The van der Waals surface area contributed by atoms with Crippen LogP contribution in [0.4, 0.5) is 0 Å². The van der Waals surface area contributed by atoms with Crippen molar-refractivity contribution < 1.29 is 19.3 Å². The first-order valence-corrected chi connectivity index (χ1v) is 11.4. The molecule has 2 aliphatic heterocycles. The minimum absolute atomic E-state index is 0.0792. The topological polar surface area (TPSA) is 38.4 Å². The molecule has 0 radical (unpaired) electrons. The molecule has 0 aliphatic carbocycles. The zero-order valence-corrected chi connectivity index (χ0v) is 18.2. The lowest BCUT2D eigenvalue weighted by molar-refractivity contribution is -1.03. The van der Waals surface area contributed by atoms with Crippen molar-refractivity contribution >= 4 is 17.5 Å². The number of nitrogens with zero attached hydrogens (tertiary/aromatic N) is 1. The van der Waals surface area contributed by atoms with Gasteiger partial charge in [0.25, 0.3) is 5.91 Å². The molecule has 2 saturated heterocycles. The molecule has 0 unspecified atom stereocenters. The molecule has 2 fully saturated rings. The number of hydrogen-bond donors (Lipinski definition) is 2. The van der Waals surface area contributed by atoms with E-state index in [2.05, 4.69) is 30.3 Å². The number of benzene rings is 2. The third-order valence-corrected chi connectivity index (χ3v) is 6.75. The summed E-state index contributed by atoms with van der Waals surface area (Å²) >= 11 is 5.88. The summed E-state index contributed by atoms with van der Waals surface area (Å²) in [6.07, 6.45) is 2.19. The Morgan fingerprint density at radius 1 is 0.967 bits per heavy atom. The Morgan fingerprint density at radius 3 is 2.30 bits per heavy atom. The van der Waals surface area contributed by atoms with Crippen molar-refractivity contribution in [1.29, 1.82) is 0 Å². The minimum Gasteiger partial charge on any atom is -0.484 e. The van der Waals surface area contributed by atoms with Crippen LogP contribution in [0.25, 0.3) is 0 Å². The fourth-order valence-electron chi connectivity index (χ4n) is 4.70. The SMILES string of the molecule is O=C(COc1ccc(Cl)cc1)N1CCC([NH+]2CC[NH+](Cc3ccccc3)CC2)CC1. The lowest BCUT2D eigenvalue weighted by Gasteiger charge is -2.39. The van der Waals surface area contributed by atoms with Crippen molar-refractivity contribution in [3.05, 3.63) is 65.2 Å². The Hall–Kier alpha value is -2.08. The molecular formula is C24H32ClN3O2+2. The van der Waals surface area contributed by atoms with Crippen molar-refractivity contribution in [1.82, 2.24) is 4.90 Å². The number of carbonyl (C=O) groups excluding carboxylic acids is 1. The van der Waals surface area contributed by atoms with Crippen molar-refractivity contribution in [3.63, 3.8) is 0 Å². The molecule has 4 rings (SSSR count). The van der Waals surface area contributed by atoms with E-state index in [1.54, 1.807) is 34.1 Å². The molecular weight excluding hydrogens is 398 g/mol. The smallest absolute Gasteiger partial charge is 0.260 e. The summed E-state index contributed by atoms with van der Waals surface area (Å²) in [4.78, 5) is 17.9. The second-order valence-corrected chi connectivity index (χ2v) is 8.90. The normalized spacial score (nSPS) is 22.6. The molecule has 2 heterocycles. The number of ether oxygens (including phenoxy) is 1. The van der Waals surface area contributed by atoms with Gasteiger partial charge in [0.15, 0.2) is 6.61 Å². The van der Waals surface area contributed by atoms with Crippen LogP contribution in [-0.2, 0) is 11.3 Å². The van der Waals surface area contributed by atoms with Gasteiger partial charge in [0.05, 0.1) is 6.04 Å². The van der Waals surface area contributed by atoms with E-state index in [9.17, 15) is 4.79 Å². The zero-order valence-electron chi connectivity index (χ0n) is 17.5. The molecule has 0 spiro atoms. The van der Waals surface area contributed by atoms with Gasteiger partial charge in [-0.2, -0.15) is 0 Å². The number of hydrogen-bond acceptors (Lipinski definition) is 2. The summed E-state index contributed by atoms with van der Waals surface area (Å²) in [5.41, 5.74) is 1.43. The molecule has 2 aromatic carbocycles. The summed E-state index contributed by atoms with van der Waals surface area (Å²) in [6.45, 7) is 7.86. The highest BCUT2D eigenvalue weighted by Crippen LogP contribution is 2.16. The van der Waals surface area contributed by atoms with E-state index in [0.717, 1.165) is 32.5 Å². The number of amides is 1. The molecule has 0 saturated carbocycles. The molecule has 0 aromatic heterocycles. The quantitative estimate of drug-likeness (QED) is 0.709. The van der Waals surface area contributed by atoms with Crippen LogP contribution in [0.1, 0.15) is 18.4 Å². The van der Waals surface area contributed by atoms with Crippen LogP contribution >= 0.6 is 11.6 Å². The van der Waals surface area contributed by atoms with Crippen molar-refractivity contribution in [3.8, 4) is 5.75 Å². The summed E-state index contributed by atoms with van der Waals surface area (Å²) in [5, 5.41) is 0.667. The first-order valence-electron chi connectivity index (χ1n) is 11.1. The molecule has 0 atom stereocenters. The van der Waals surface area contributed by atoms with E-state index in [1.165, 1.54) is 31.7 Å². The monoisotopic (exact) mass is 429 g/mol. The fraction of sp³-hybridized carbons (Fsp3) is 0.458. The number of likely N-dealkylation sites (tertiary alicyclic amines) is 1. The Bertz CT molecular complexity index is 799. The molecule has 6 heteroatoms. The predicted octanol–water partition coefficient (Wildman–Crippen LogP) is 0.693. The third kappa shape index (κ3) is 5.75. The van der Waals surface area contributed by atoms with Crippen LogP contribution in [0, 0.1) is 0 Å². The number of piperazine rings is 1. The van der Waals surface area contributed by atoms with E-state index < -0.39 is 0 Å². The number of carbonyl (C=O) groups is 1. The maximum absolute atomic E-state index is 12.5. The second-order valence-electron chi connectivity index (χ2n) is 8.47. The van der Waals surface area contributed by atoms with E-state index in [0.29, 0.717) is 16.8 Å². The number of piperidine rings is 1. The van der Waals surface area contributed by atoms with Crippen molar-refractivity contribution in [2.75, 3.05) is 45.9 Å². The van der Waals surface area contributed by atoms with Crippen molar-refractivity contribution in [2.45, 2.75) is 25.4 Å². The van der Waals surface area contributed by atoms with E-state index in [1.807, 2.05) is 4.90 Å². The lowest BCUT2D eigenvalue weighted by atomic mass is 10.0. The van der Waals surface area contributed by atoms with Gasteiger partial charge in [-0.15, -0.1) is 0 Å². The standard InChI is InChI=1S/C24H30ClN3O2/c25-21-6-8-23(9-7-21)30-19-24(29)28-12-10-22(11-13-28)27-16-14-26(15-17-27)18-20-4-2-1-3-5-20/h1-9,22H,10-19H2/p+2. The predicted molar refractivity (Wildman–Crippen MR) is 118 cm³/mol. The van der Waals surface area contributed by atoms with Crippen LogP contribution in [0.5, 0.6) is 5.75 Å². The van der Waals surface area contributed by atoms with Crippen LogP contribution in [-0.4, -0.2) is 62.7 Å². The highest BCUT2D eigenvalue weighted by Gasteiger charge is 2.33. The molecule has 160 valence electrons. The maximum Gasteiger partial charge on any atom is 0.260 e. The fourth-order valence-corrected chi connectivity index (χ4v) is 4.82. The highest BCUT2D eigenvalue weighted by atomic mass is 35.5. The Balaban J connectivity index is 1.16. The van der Waals surface area contributed by atoms with Crippen molar-refractivity contribution in [2.24, 2.45) is 0 Å². The van der Waals surface area contributed by atoms with Crippen LogP contribution in [0.15, 0.2) is 54.6 Å². The zero-order chi connectivity index (χ0) is 20.8. The molecule has 2 aliphatic rings. The van der Waals surface area contributed by atoms with Crippen LogP contribution < -0.4 is 14.5 Å². The summed E-state index contributed by atoms with van der Waals surface area (Å²) in [6, 6.07) is 18.6. The van der Waals surface area contributed by atoms with Gasteiger partial charge >= 0.3 is 0 Å². The minimum atomic E-state index is 0.0792. The van der Waals surface area contributed by atoms with Gasteiger partial charge in [-0.1, -0.05) is 41.9 Å². The first kappa shape index (κ1) is 21.2. The van der Waals surface area contributed by atoms with E-state index >= 15 is 0 Å². The molecule has 2 N–H and O–H groups in total. The number of halogens is 1. The largest absolute Gasteiger partial charge is 0.484 e. The van der Waals surface area contributed by atoms with E-state index in [-0.39, 0.29) is 12.5 Å². The molecule has 0 bridgehead atoms.